The molecule has 4 aromatic rings. The second-order valence-electron chi connectivity index (χ2n) is 8.80. The van der Waals surface area contributed by atoms with Crippen molar-refractivity contribution in [2.24, 2.45) is 0 Å². The number of H-pyrrole nitrogens is 1. The molecule has 0 saturated carbocycles. The van der Waals surface area contributed by atoms with Gasteiger partial charge in [-0.3, -0.25) is 9.59 Å². The number of carbonyl (C=O) groups is 2. The van der Waals surface area contributed by atoms with Crippen molar-refractivity contribution in [3.8, 4) is 11.5 Å². The molecule has 0 saturated heterocycles. The largest absolute Gasteiger partial charge is 0.493 e. The monoisotopic (exact) mass is 472 g/mol. The molecule has 0 atom stereocenters. The number of carbonyl (C=O) groups excluding carboxylic acids is 2. The number of nitrogens with one attached hydrogen (secondary N) is 3. The van der Waals surface area contributed by atoms with Crippen molar-refractivity contribution < 1.29 is 19.1 Å². The first-order chi connectivity index (χ1) is 16.8. The molecule has 1 heterocycles. The molecule has 0 aliphatic carbocycles. The van der Waals surface area contributed by atoms with E-state index in [0.717, 1.165) is 16.6 Å². The second-order valence-corrected chi connectivity index (χ2v) is 8.80. The third-order valence-corrected chi connectivity index (χ3v) is 5.94. The van der Waals surface area contributed by atoms with Crippen molar-refractivity contribution in [3.63, 3.8) is 0 Å². The quantitative estimate of drug-likeness (QED) is 0.349. The molecule has 0 spiro atoms. The molecule has 8 nitrogen and oxygen atoms in total. The zero-order valence-electron chi connectivity index (χ0n) is 20.1. The van der Waals surface area contributed by atoms with E-state index in [2.05, 4.69) is 34.4 Å². The molecule has 2 amide bonds. The van der Waals surface area contributed by atoms with Gasteiger partial charge in [-0.25, -0.2) is 4.98 Å². The normalized spacial score (nSPS) is 11.2. The number of fused-ring (bicyclic) bond motifs is 1. The lowest BCUT2D eigenvalue weighted by atomic mass is 9.84. The Morgan fingerprint density at radius 3 is 2.29 bits per heavy atom. The molecule has 0 fully saturated rings. The Kier molecular flexibility index (Phi) is 6.73. The number of ether oxygens (including phenoxy) is 2. The summed E-state index contributed by atoms with van der Waals surface area (Å²) in [5.74, 6) is 0.654. The first-order valence-electron chi connectivity index (χ1n) is 11.2. The zero-order chi connectivity index (χ0) is 25.0. The molecule has 0 radical (unpaired) electrons. The highest BCUT2D eigenvalue weighted by Gasteiger charge is 2.22. The van der Waals surface area contributed by atoms with Crippen LogP contribution in [-0.4, -0.2) is 42.5 Å². The maximum Gasteiger partial charge on any atom is 0.255 e. The van der Waals surface area contributed by atoms with E-state index in [-0.39, 0.29) is 17.2 Å². The van der Waals surface area contributed by atoms with Crippen molar-refractivity contribution in [1.82, 2.24) is 15.3 Å². The lowest BCUT2D eigenvalue weighted by molar-refractivity contribution is 0.0945. The number of anilines is 1. The minimum Gasteiger partial charge on any atom is -0.493 e. The molecule has 180 valence electrons. The van der Waals surface area contributed by atoms with Gasteiger partial charge in [0.15, 0.2) is 11.5 Å². The number of rotatable bonds is 8. The van der Waals surface area contributed by atoms with Gasteiger partial charge < -0.3 is 25.1 Å². The Bertz CT molecular complexity index is 1360. The molecule has 0 unspecified atom stereocenters. The van der Waals surface area contributed by atoms with E-state index in [4.69, 9.17) is 9.47 Å². The molecule has 0 aliphatic rings. The maximum absolute atomic E-state index is 12.7. The molecular formula is C27H28N4O4. The summed E-state index contributed by atoms with van der Waals surface area (Å²) < 4.78 is 10.5. The highest BCUT2D eigenvalue weighted by Crippen LogP contribution is 2.28. The highest BCUT2D eigenvalue weighted by atomic mass is 16.5. The predicted molar refractivity (Wildman–Crippen MR) is 135 cm³/mol. The lowest BCUT2D eigenvalue weighted by Gasteiger charge is -2.26. The van der Waals surface area contributed by atoms with Crippen LogP contribution in [0.2, 0.25) is 0 Å². The minimum absolute atomic E-state index is 0.145. The van der Waals surface area contributed by atoms with Crippen molar-refractivity contribution in [2.75, 3.05) is 26.1 Å². The van der Waals surface area contributed by atoms with Gasteiger partial charge in [0.2, 0.25) is 0 Å². The van der Waals surface area contributed by atoms with Gasteiger partial charge in [-0.05, 0) is 54.1 Å². The van der Waals surface area contributed by atoms with Gasteiger partial charge in [0.1, 0.15) is 0 Å². The summed E-state index contributed by atoms with van der Waals surface area (Å²) in [5, 5.41) is 5.91. The van der Waals surface area contributed by atoms with Crippen molar-refractivity contribution in [2.45, 2.75) is 19.3 Å². The fraction of sp³-hybridized carbons (Fsp3) is 0.222. The topological polar surface area (TPSA) is 105 Å². The third kappa shape index (κ3) is 5.27. The van der Waals surface area contributed by atoms with Crippen LogP contribution in [0.4, 0.5) is 5.69 Å². The fourth-order valence-corrected chi connectivity index (χ4v) is 3.77. The SMILES string of the molecule is COc1ccc(C(=O)Nc2ccc(C(C)(C)CNC(=O)c3ccc4nc[nH]c4c3)cc2)cc1OC. The van der Waals surface area contributed by atoms with Gasteiger partial charge in [0, 0.05) is 28.8 Å². The van der Waals surface area contributed by atoms with E-state index in [9.17, 15) is 9.59 Å². The van der Waals surface area contributed by atoms with Crippen LogP contribution in [0.5, 0.6) is 11.5 Å². The number of aromatic amines is 1. The van der Waals surface area contributed by atoms with E-state index in [1.54, 1.807) is 43.8 Å². The Balaban J connectivity index is 1.38. The fourth-order valence-electron chi connectivity index (χ4n) is 3.77. The summed E-state index contributed by atoms with van der Waals surface area (Å²) in [6, 6.07) is 18.0. The van der Waals surface area contributed by atoms with Crippen LogP contribution >= 0.6 is 0 Å². The first kappa shape index (κ1) is 23.8. The van der Waals surface area contributed by atoms with Crippen LogP contribution in [0, 0.1) is 0 Å². The molecule has 0 aliphatic heterocycles. The van der Waals surface area contributed by atoms with Gasteiger partial charge in [0.05, 0.1) is 31.6 Å². The smallest absolute Gasteiger partial charge is 0.255 e. The van der Waals surface area contributed by atoms with Crippen LogP contribution in [0.15, 0.2) is 67.0 Å². The molecule has 1 aromatic heterocycles. The number of aromatic nitrogens is 2. The third-order valence-electron chi connectivity index (χ3n) is 5.94. The lowest BCUT2D eigenvalue weighted by Crippen LogP contribution is -2.36. The predicted octanol–water partition coefficient (Wildman–Crippen LogP) is 4.54. The maximum atomic E-state index is 12.7. The first-order valence-corrected chi connectivity index (χ1v) is 11.2. The number of amides is 2. The van der Waals surface area contributed by atoms with Crippen molar-refractivity contribution >= 4 is 28.5 Å². The average molecular weight is 473 g/mol. The van der Waals surface area contributed by atoms with Gasteiger partial charge in [-0.15, -0.1) is 0 Å². The van der Waals surface area contributed by atoms with E-state index in [0.29, 0.717) is 34.9 Å². The Morgan fingerprint density at radius 1 is 0.886 bits per heavy atom. The molecular weight excluding hydrogens is 444 g/mol. The Morgan fingerprint density at radius 2 is 1.57 bits per heavy atom. The van der Waals surface area contributed by atoms with Crippen LogP contribution < -0.4 is 20.1 Å². The summed E-state index contributed by atoms with van der Waals surface area (Å²) >= 11 is 0. The number of nitrogens with zero attached hydrogens (tertiary/aromatic N) is 1. The molecule has 0 bridgehead atoms. The van der Waals surface area contributed by atoms with Crippen molar-refractivity contribution in [1.29, 1.82) is 0 Å². The number of methoxy groups -OCH3 is 2. The van der Waals surface area contributed by atoms with Gasteiger partial charge in [-0.2, -0.15) is 0 Å². The zero-order valence-corrected chi connectivity index (χ0v) is 20.1. The van der Waals surface area contributed by atoms with Gasteiger partial charge in [-0.1, -0.05) is 26.0 Å². The van der Waals surface area contributed by atoms with Crippen LogP contribution in [0.25, 0.3) is 11.0 Å². The standard InChI is InChI=1S/C27H28N4O4/c1-27(2,15-28-25(32)17-5-11-21-22(13-17)30-16-29-21)19-7-9-20(10-8-19)31-26(33)18-6-12-23(34-3)24(14-18)35-4/h5-14,16H,15H2,1-4H3,(H,28,32)(H,29,30)(H,31,33). The van der Waals surface area contributed by atoms with E-state index in [1.807, 2.05) is 30.3 Å². The van der Waals surface area contributed by atoms with Gasteiger partial charge >= 0.3 is 0 Å². The molecule has 3 N–H and O–H groups in total. The number of benzene rings is 3. The number of hydrogen-bond acceptors (Lipinski definition) is 5. The molecule has 3 aromatic carbocycles. The van der Waals surface area contributed by atoms with E-state index in [1.165, 1.54) is 7.11 Å². The Hall–Kier alpha value is -4.33. The summed E-state index contributed by atoms with van der Waals surface area (Å²) in [6.45, 7) is 4.56. The number of hydrogen-bond donors (Lipinski definition) is 3. The molecule has 8 heteroatoms. The Labute approximate surface area is 203 Å². The number of imidazole rings is 1. The second kappa shape index (κ2) is 9.89. The molecule has 4 rings (SSSR count). The minimum atomic E-state index is -0.320. The van der Waals surface area contributed by atoms with Crippen LogP contribution in [0.3, 0.4) is 0 Å². The average Bonchev–Trinajstić information content (AvgIpc) is 3.35. The van der Waals surface area contributed by atoms with Crippen LogP contribution in [-0.2, 0) is 5.41 Å². The van der Waals surface area contributed by atoms with Gasteiger partial charge in [0.25, 0.3) is 11.8 Å². The van der Waals surface area contributed by atoms with Crippen molar-refractivity contribution in [3.05, 3.63) is 83.7 Å². The molecule has 35 heavy (non-hydrogen) atoms. The summed E-state index contributed by atoms with van der Waals surface area (Å²) in [4.78, 5) is 32.6. The summed E-state index contributed by atoms with van der Waals surface area (Å²) in [6.07, 6.45) is 1.61. The summed E-state index contributed by atoms with van der Waals surface area (Å²) in [5.41, 5.74) is 4.06. The summed E-state index contributed by atoms with van der Waals surface area (Å²) in [7, 11) is 3.08. The van der Waals surface area contributed by atoms with E-state index < -0.39 is 0 Å². The van der Waals surface area contributed by atoms with E-state index >= 15 is 0 Å². The van der Waals surface area contributed by atoms with Crippen LogP contribution in [0.1, 0.15) is 40.1 Å². The highest BCUT2D eigenvalue weighted by molar-refractivity contribution is 6.04.